The van der Waals surface area contributed by atoms with E-state index in [0.717, 1.165) is 14.2 Å². The zero-order chi connectivity index (χ0) is 16.1. The number of halogens is 1. The van der Waals surface area contributed by atoms with Crippen LogP contribution < -0.4 is 5.32 Å². The van der Waals surface area contributed by atoms with Crippen molar-refractivity contribution in [1.29, 1.82) is 0 Å². The molecule has 0 atom stereocenters. The monoisotopic (exact) mass is 432 g/mol. The molecule has 23 heavy (non-hydrogen) atoms. The summed E-state index contributed by atoms with van der Waals surface area (Å²) in [6.07, 6.45) is 1.70. The summed E-state index contributed by atoms with van der Waals surface area (Å²) in [5.74, 6) is -0.152. The maximum Gasteiger partial charge on any atom is 0.258 e. The van der Waals surface area contributed by atoms with Crippen LogP contribution in [0.4, 0.5) is 5.69 Å². The van der Waals surface area contributed by atoms with Crippen LogP contribution in [0.3, 0.4) is 0 Å². The van der Waals surface area contributed by atoms with Crippen molar-refractivity contribution in [1.82, 2.24) is 4.98 Å². The number of amides is 1. The van der Waals surface area contributed by atoms with E-state index in [0.29, 0.717) is 10.6 Å². The molecule has 0 aliphatic carbocycles. The molecular formula is C18H13IN2OS. The number of nitrogens with zero attached hydrogens (tertiary/aromatic N) is 1. The Morgan fingerprint density at radius 1 is 0.957 bits per heavy atom. The van der Waals surface area contributed by atoms with E-state index in [-0.39, 0.29) is 5.91 Å². The molecule has 0 radical (unpaired) electrons. The highest BCUT2D eigenvalue weighted by molar-refractivity contribution is 14.1. The van der Waals surface area contributed by atoms with Gasteiger partial charge in [-0.25, -0.2) is 4.98 Å². The lowest BCUT2D eigenvalue weighted by Gasteiger charge is -2.10. The van der Waals surface area contributed by atoms with Gasteiger partial charge in [-0.1, -0.05) is 42.1 Å². The van der Waals surface area contributed by atoms with Gasteiger partial charge in [-0.2, -0.15) is 0 Å². The first kappa shape index (κ1) is 16.0. The van der Waals surface area contributed by atoms with Crippen LogP contribution in [0.15, 0.2) is 82.8 Å². The Bertz CT molecular complexity index is 824. The van der Waals surface area contributed by atoms with Crippen LogP contribution in [-0.4, -0.2) is 10.9 Å². The number of nitrogens with one attached hydrogen (secondary N) is 1. The maximum atomic E-state index is 12.6. The summed E-state index contributed by atoms with van der Waals surface area (Å²) in [6.45, 7) is 0. The fourth-order valence-electron chi connectivity index (χ4n) is 2.00. The lowest BCUT2D eigenvalue weighted by molar-refractivity contribution is 0.102. The fourth-order valence-corrected chi connectivity index (χ4v) is 3.42. The van der Waals surface area contributed by atoms with E-state index in [1.807, 2.05) is 54.6 Å². The van der Waals surface area contributed by atoms with Crippen molar-refractivity contribution >= 4 is 45.9 Å². The van der Waals surface area contributed by atoms with E-state index in [9.17, 15) is 4.79 Å². The van der Waals surface area contributed by atoms with Crippen molar-refractivity contribution in [2.75, 3.05) is 5.32 Å². The summed E-state index contributed by atoms with van der Waals surface area (Å²) < 4.78 is 1.000. The van der Waals surface area contributed by atoms with Gasteiger partial charge in [0, 0.05) is 14.7 Å². The Hall–Kier alpha value is -1.86. The van der Waals surface area contributed by atoms with Crippen LogP contribution in [0.5, 0.6) is 0 Å². The number of anilines is 1. The number of hydrogen-bond donors (Lipinski definition) is 1. The van der Waals surface area contributed by atoms with Gasteiger partial charge in [-0.3, -0.25) is 4.79 Å². The van der Waals surface area contributed by atoms with Crippen molar-refractivity contribution in [2.24, 2.45) is 0 Å². The Morgan fingerprint density at radius 2 is 1.70 bits per heavy atom. The van der Waals surface area contributed by atoms with E-state index in [1.165, 1.54) is 11.8 Å². The Morgan fingerprint density at radius 3 is 2.48 bits per heavy atom. The molecule has 1 heterocycles. The molecule has 2 aromatic carbocycles. The number of carbonyl (C=O) groups excluding carboxylic acids is 1. The summed E-state index contributed by atoms with van der Waals surface area (Å²) in [7, 11) is 0. The molecule has 0 bridgehead atoms. The second-order valence-corrected chi connectivity index (χ2v) is 6.93. The topological polar surface area (TPSA) is 42.0 Å². The van der Waals surface area contributed by atoms with Crippen LogP contribution in [0.1, 0.15) is 10.4 Å². The SMILES string of the molecule is O=C(Nc1ccccc1I)c1cccnc1Sc1ccccc1. The first-order valence-electron chi connectivity index (χ1n) is 6.98. The summed E-state index contributed by atoms with van der Waals surface area (Å²) in [6, 6.07) is 21.2. The van der Waals surface area contributed by atoms with Gasteiger partial charge in [-0.15, -0.1) is 0 Å². The minimum Gasteiger partial charge on any atom is -0.321 e. The minimum absolute atomic E-state index is 0.152. The van der Waals surface area contributed by atoms with Crippen LogP contribution in [0, 0.1) is 3.57 Å². The molecule has 0 spiro atoms. The normalized spacial score (nSPS) is 10.3. The molecule has 0 saturated heterocycles. The predicted octanol–water partition coefficient (Wildman–Crippen LogP) is 5.09. The van der Waals surface area contributed by atoms with E-state index < -0.39 is 0 Å². The van der Waals surface area contributed by atoms with Crippen LogP contribution in [0.2, 0.25) is 0 Å². The largest absolute Gasteiger partial charge is 0.321 e. The average molecular weight is 432 g/mol. The Kier molecular flexibility index (Phi) is 5.30. The molecule has 3 aromatic rings. The van der Waals surface area contributed by atoms with Gasteiger partial charge >= 0.3 is 0 Å². The highest BCUT2D eigenvalue weighted by Gasteiger charge is 2.14. The van der Waals surface area contributed by atoms with E-state index >= 15 is 0 Å². The average Bonchev–Trinajstić information content (AvgIpc) is 2.58. The van der Waals surface area contributed by atoms with Gasteiger partial charge in [-0.05, 0) is 59.0 Å². The third-order valence-corrected chi connectivity index (χ3v) is 5.06. The molecule has 5 heteroatoms. The van der Waals surface area contributed by atoms with Crippen LogP contribution in [-0.2, 0) is 0 Å². The minimum atomic E-state index is -0.152. The second-order valence-electron chi connectivity index (χ2n) is 4.71. The predicted molar refractivity (Wildman–Crippen MR) is 102 cm³/mol. The lowest BCUT2D eigenvalue weighted by Crippen LogP contribution is -2.14. The van der Waals surface area contributed by atoms with Gasteiger partial charge in [0.2, 0.25) is 0 Å². The molecular weight excluding hydrogens is 419 g/mol. The number of hydrogen-bond acceptors (Lipinski definition) is 3. The smallest absolute Gasteiger partial charge is 0.258 e. The Balaban J connectivity index is 1.85. The van der Waals surface area contributed by atoms with Gasteiger partial charge < -0.3 is 5.32 Å². The molecule has 0 saturated carbocycles. The molecule has 3 rings (SSSR count). The number of para-hydroxylation sites is 1. The van der Waals surface area contributed by atoms with Gasteiger partial charge in [0.05, 0.1) is 11.3 Å². The molecule has 0 unspecified atom stereocenters. The number of benzene rings is 2. The third-order valence-electron chi connectivity index (χ3n) is 3.10. The summed E-state index contributed by atoms with van der Waals surface area (Å²) >= 11 is 3.69. The van der Waals surface area contributed by atoms with Crippen molar-refractivity contribution < 1.29 is 4.79 Å². The van der Waals surface area contributed by atoms with Gasteiger partial charge in [0.1, 0.15) is 5.03 Å². The highest BCUT2D eigenvalue weighted by Crippen LogP contribution is 2.29. The molecule has 3 nitrogen and oxygen atoms in total. The number of pyridine rings is 1. The molecule has 0 aliphatic heterocycles. The molecule has 1 aromatic heterocycles. The zero-order valence-electron chi connectivity index (χ0n) is 12.1. The van der Waals surface area contributed by atoms with Crippen molar-refractivity contribution in [3.63, 3.8) is 0 Å². The number of rotatable bonds is 4. The van der Waals surface area contributed by atoms with Crippen molar-refractivity contribution in [3.05, 3.63) is 82.1 Å². The van der Waals surface area contributed by atoms with Gasteiger partial charge in [0.15, 0.2) is 0 Å². The van der Waals surface area contributed by atoms with E-state index in [2.05, 4.69) is 32.9 Å². The lowest BCUT2D eigenvalue weighted by atomic mass is 10.2. The van der Waals surface area contributed by atoms with E-state index in [4.69, 9.17) is 0 Å². The first-order valence-corrected chi connectivity index (χ1v) is 8.87. The maximum absolute atomic E-state index is 12.6. The molecule has 1 amide bonds. The van der Waals surface area contributed by atoms with Crippen molar-refractivity contribution in [2.45, 2.75) is 9.92 Å². The van der Waals surface area contributed by atoms with Crippen LogP contribution >= 0.6 is 34.4 Å². The van der Waals surface area contributed by atoms with Gasteiger partial charge in [0.25, 0.3) is 5.91 Å². The van der Waals surface area contributed by atoms with E-state index in [1.54, 1.807) is 18.3 Å². The summed E-state index contributed by atoms with van der Waals surface area (Å²) in [4.78, 5) is 18.0. The van der Waals surface area contributed by atoms with Crippen molar-refractivity contribution in [3.8, 4) is 0 Å². The highest BCUT2D eigenvalue weighted by atomic mass is 127. The summed E-state index contributed by atoms with van der Waals surface area (Å²) in [5, 5.41) is 3.65. The second kappa shape index (κ2) is 7.61. The molecule has 0 fully saturated rings. The zero-order valence-corrected chi connectivity index (χ0v) is 15.0. The quantitative estimate of drug-likeness (QED) is 0.584. The number of aromatic nitrogens is 1. The molecule has 1 N–H and O–H groups in total. The molecule has 0 aliphatic rings. The Labute approximate surface area is 152 Å². The fraction of sp³-hybridized carbons (Fsp3) is 0. The van der Waals surface area contributed by atoms with Crippen LogP contribution in [0.25, 0.3) is 0 Å². The number of carbonyl (C=O) groups is 1. The molecule has 114 valence electrons. The summed E-state index contributed by atoms with van der Waals surface area (Å²) in [5.41, 5.74) is 1.37. The third kappa shape index (κ3) is 4.11. The first-order chi connectivity index (χ1) is 11.2. The standard InChI is InChI=1S/C18H13IN2OS/c19-15-10-4-5-11-16(15)21-17(22)14-9-6-12-20-18(14)23-13-7-2-1-3-8-13/h1-12H,(H,21,22).